The molecule has 1 aromatic rings. The summed E-state index contributed by atoms with van der Waals surface area (Å²) >= 11 is 12.0. The Morgan fingerprint density at radius 1 is 1.11 bits per heavy atom. The van der Waals surface area contributed by atoms with Crippen LogP contribution in [0.1, 0.15) is 27.7 Å². The van der Waals surface area contributed by atoms with Gasteiger partial charge in [0.1, 0.15) is 11.9 Å². The molecule has 1 unspecified atom stereocenters. The van der Waals surface area contributed by atoms with Crippen LogP contribution in [0.5, 0.6) is 5.75 Å². The van der Waals surface area contributed by atoms with Gasteiger partial charge in [0.05, 0.1) is 5.02 Å². The second-order valence-corrected chi connectivity index (χ2v) is 6.37. The Morgan fingerprint density at radius 3 is 2.32 bits per heavy atom. The van der Waals surface area contributed by atoms with Gasteiger partial charge in [0.25, 0.3) is 0 Å². The minimum absolute atomic E-state index is 0.0948. The summed E-state index contributed by atoms with van der Waals surface area (Å²) in [5.41, 5.74) is 0. The quantitative estimate of drug-likeness (QED) is 0.792. The van der Waals surface area contributed by atoms with Crippen LogP contribution < -0.4 is 10.1 Å². The lowest BCUT2D eigenvalue weighted by Crippen LogP contribution is -2.37. The normalized spacial score (nSPS) is 13.1. The van der Waals surface area contributed by atoms with Crippen molar-refractivity contribution in [3.05, 3.63) is 28.2 Å². The van der Waals surface area contributed by atoms with Crippen molar-refractivity contribution in [2.75, 3.05) is 13.1 Å². The van der Waals surface area contributed by atoms with Crippen LogP contribution in [0.25, 0.3) is 0 Å². The number of hydrogen-bond donors (Lipinski definition) is 1. The van der Waals surface area contributed by atoms with Crippen molar-refractivity contribution in [2.24, 2.45) is 11.8 Å². The maximum absolute atomic E-state index is 6.13. The molecule has 1 N–H and O–H groups in total. The van der Waals surface area contributed by atoms with Gasteiger partial charge in [-0.1, -0.05) is 50.9 Å². The van der Waals surface area contributed by atoms with Crippen molar-refractivity contribution < 1.29 is 4.74 Å². The number of nitrogens with one attached hydrogen (secondary N) is 1. The fourth-order valence-electron chi connectivity index (χ4n) is 1.66. The van der Waals surface area contributed by atoms with Crippen LogP contribution in [0.3, 0.4) is 0 Å². The molecule has 0 bridgehead atoms. The van der Waals surface area contributed by atoms with Gasteiger partial charge >= 0.3 is 0 Å². The molecule has 0 saturated carbocycles. The van der Waals surface area contributed by atoms with Gasteiger partial charge < -0.3 is 10.1 Å². The number of benzene rings is 1. The number of rotatable bonds is 7. The van der Waals surface area contributed by atoms with E-state index < -0.39 is 0 Å². The van der Waals surface area contributed by atoms with Gasteiger partial charge in [0, 0.05) is 11.6 Å². The third-order valence-corrected chi connectivity index (χ3v) is 3.34. The maximum Gasteiger partial charge on any atom is 0.138 e. The van der Waals surface area contributed by atoms with Crippen LogP contribution in [0.15, 0.2) is 18.2 Å². The smallest absolute Gasteiger partial charge is 0.138 e. The highest BCUT2D eigenvalue weighted by molar-refractivity contribution is 6.35. The summed E-state index contributed by atoms with van der Waals surface area (Å²) < 4.78 is 5.99. The molecule has 0 fully saturated rings. The number of ether oxygens (including phenoxy) is 1. The Labute approximate surface area is 126 Å². The van der Waals surface area contributed by atoms with E-state index in [2.05, 4.69) is 33.0 Å². The van der Waals surface area contributed by atoms with Crippen molar-refractivity contribution >= 4 is 23.2 Å². The molecular weight excluding hydrogens is 281 g/mol. The van der Waals surface area contributed by atoms with Crippen LogP contribution in [0.4, 0.5) is 0 Å². The minimum Gasteiger partial charge on any atom is -0.487 e. The van der Waals surface area contributed by atoms with Crippen molar-refractivity contribution in [1.82, 2.24) is 5.32 Å². The summed E-state index contributed by atoms with van der Waals surface area (Å²) in [5.74, 6) is 1.73. The molecule has 0 aromatic heterocycles. The van der Waals surface area contributed by atoms with Crippen molar-refractivity contribution in [3.63, 3.8) is 0 Å². The molecule has 0 radical (unpaired) electrons. The standard InChI is InChI=1S/C15H23Cl2NO/c1-10(2)8-18-9-15(11(3)4)19-14-6-5-12(16)7-13(14)17/h5-7,10-11,15,18H,8-9H2,1-4H3. The van der Waals surface area contributed by atoms with E-state index in [0.717, 1.165) is 13.1 Å². The van der Waals surface area contributed by atoms with Gasteiger partial charge in [-0.25, -0.2) is 0 Å². The Morgan fingerprint density at radius 2 is 1.79 bits per heavy atom. The van der Waals surface area contributed by atoms with E-state index in [1.807, 2.05) is 6.07 Å². The molecule has 19 heavy (non-hydrogen) atoms. The summed E-state index contributed by atoms with van der Waals surface area (Å²) in [5, 5.41) is 4.60. The average Bonchev–Trinajstić information content (AvgIpc) is 2.30. The summed E-state index contributed by atoms with van der Waals surface area (Å²) in [4.78, 5) is 0. The predicted octanol–water partition coefficient (Wildman–Crippen LogP) is 4.64. The fraction of sp³-hybridized carbons (Fsp3) is 0.600. The highest BCUT2D eigenvalue weighted by Crippen LogP contribution is 2.29. The first kappa shape index (κ1) is 16.6. The summed E-state index contributed by atoms with van der Waals surface area (Å²) in [6, 6.07) is 5.32. The second-order valence-electron chi connectivity index (χ2n) is 5.53. The monoisotopic (exact) mass is 303 g/mol. The summed E-state index contributed by atoms with van der Waals surface area (Å²) in [7, 11) is 0. The molecule has 0 aliphatic carbocycles. The van der Waals surface area contributed by atoms with Crippen molar-refractivity contribution in [3.8, 4) is 5.75 Å². The van der Waals surface area contributed by atoms with Gasteiger partial charge in [-0.3, -0.25) is 0 Å². The molecule has 1 atom stereocenters. The summed E-state index contributed by atoms with van der Waals surface area (Å²) in [6.45, 7) is 10.5. The molecular formula is C15H23Cl2NO. The fourth-order valence-corrected chi connectivity index (χ4v) is 2.11. The van der Waals surface area contributed by atoms with Gasteiger partial charge in [-0.15, -0.1) is 0 Å². The van der Waals surface area contributed by atoms with E-state index in [9.17, 15) is 0 Å². The zero-order valence-electron chi connectivity index (χ0n) is 12.0. The number of hydrogen-bond acceptors (Lipinski definition) is 2. The largest absolute Gasteiger partial charge is 0.487 e. The molecule has 2 nitrogen and oxygen atoms in total. The third-order valence-electron chi connectivity index (χ3n) is 2.81. The number of halogens is 2. The molecule has 0 saturated heterocycles. The molecule has 0 spiro atoms. The Bertz CT molecular complexity index is 394. The van der Waals surface area contributed by atoms with Crippen LogP contribution in [0, 0.1) is 11.8 Å². The summed E-state index contributed by atoms with van der Waals surface area (Å²) in [6.07, 6.45) is 0.0948. The molecule has 0 aliphatic heterocycles. The minimum atomic E-state index is 0.0948. The van der Waals surface area contributed by atoms with Crippen LogP contribution in [-0.4, -0.2) is 19.2 Å². The van der Waals surface area contributed by atoms with Gasteiger partial charge in [0.15, 0.2) is 0 Å². The molecule has 0 aliphatic rings. The third kappa shape index (κ3) is 6.03. The molecule has 0 amide bonds. The zero-order valence-corrected chi connectivity index (χ0v) is 13.6. The Kier molecular flexibility index (Phi) is 6.98. The molecule has 0 heterocycles. The van der Waals surface area contributed by atoms with Crippen molar-refractivity contribution in [1.29, 1.82) is 0 Å². The first-order valence-electron chi connectivity index (χ1n) is 6.72. The van der Waals surface area contributed by atoms with Gasteiger partial charge in [-0.2, -0.15) is 0 Å². The highest BCUT2D eigenvalue weighted by Gasteiger charge is 2.16. The lowest BCUT2D eigenvalue weighted by atomic mass is 10.1. The van der Waals surface area contributed by atoms with Gasteiger partial charge in [0.2, 0.25) is 0 Å². The van der Waals surface area contributed by atoms with Crippen LogP contribution in [0.2, 0.25) is 10.0 Å². The zero-order chi connectivity index (χ0) is 14.4. The first-order chi connectivity index (χ1) is 8.90. The Balaban J connectivity index is 2.62. The van der Waals surface area contributed by atoms with E-state index in [1.165, 1.54) is 0 Å². The van der Waals surface area contributed by atoms with Crippen LogP contribution >= 0.6 is 23.2 Å². The highest BCUT2D eigenvalue weighted by atomic mass is 35.5. The predicted molar refractivity (Wildman–Crippen MR) is 83.4 cm³/mol. The second kappa shape index (κ2) is 7.98. The Hall–Kier alpha value is -0.440. The van der Waals surface area contributed by atoms with Gasteiger partial charge in [-0.05, 0) is 36.6 Å². The molecule has 108 valence electrons. The van der Waals surface area contributed by atoms with E-state index in [0.29, 0.717) is 27.6 Å². The lowest BCUT2D eigenvalue weighted by molar-refractivity contribution is 0.148. The van der Waals surface area contributed by atoms with E-state index in [4.69, 9.17) is 27.9 Å². The molecule has 4 heteroatoms. The van der Waals surface area contributed by atoms with Crippen molar-refractivity contribution in [2.45, 2.75) is 33.8 Å². The maximum atomic E-state index is 6.13. The van der Waals surface area contributed by atoms with E-state index in [-0.39, 0.29) is 6.10 Å². The SMILES string of the molecule is CC(C)CNCC(Oc1ccc(Cl)cc1Cl)C(C)C. The molecule has 1 aromatic carbocycles. The lowest BCUT2D eigenvalue weighted by Gasteiger charge is -2.24. The van der Waals surface area contributed by atoms with E-state index >= 15 is 0 Å². The molecule has 1 rings (SSSR count). The average molecular weight is 304 g/mol. The first-order valence-corrected chi connectivity index (χ1v) is 7.48. The topological polar surface area (TPSA) is 21.3 Å². The van der Waals surface area contributed by atoms with E-state index in [1.54, 1.807) is 12.1 Å². The van der Waals surface area contributed by atoms with Crippen LogP contribution in [-0.2, 0) is 0 Å².